The minimum Gasteiger partial charge on any atom is -0.454 e. The van der Waals surface area contributed by atoms with Gasteiger partial charge in [-0.1, -0.05) is 6.07 Å². The smallest absolute Gasteiger partial charge is 0.231 e. The van der Waals surface area contributed by atoms with E-state index in [1.807, 2.05) is 18.2 Å². The highest BCUT2D eigenvalue weighted by atomic mass is 16.7. The summed E-state index contributed by atoms with van der Waals surface area (Å²) >= 11 is 0. The van der Waals surface area contributed by atoms with Crippen molar-refractivity contribution in [2.24, 2.45) is 0 Å². The van der Waals surface area contributed by atoms with Gasteiger partial charge in [-0.05, 0) is 24.1 Å². The third kappa shape index (κ3) is 3.04. The predicted octanol–water partition coefficient (Wildman–Crippen LogP) is 2.12. The van der Waals surface area contributed by atoms with Crippen LogP contribution in [0.5, 0.6) is 11.5 Å². The first-order valence-electron chi connectivity index (χ1n) is 8.01. The second-order valence-electron chi connectivity index (χ2n) is 5.60. The Morgan fingerprint density at radius 3 is 3.08 bits per heavy atom. The number of hydrogen-bond acceptors (Lipinski definition) is 7. The number of fused-ring (bicyclic) bond motifs is 2. The Bertz CT molecular complexity index is 946. The number of nitrogens with zero attached hydrogens (tertiary/aromatic N) is 5. The van der Waals surface area contributed by atoms with Crippen LogP contribution in [0.4, 0.5) is 5.82 Å². The number of aromatic nitrogens is 4. The minimum atomic E-state index is 0.283. The Hall–Kier alpha value is -3.34. The molecule has 0 unspecified atom stereocenters. The summed E-state index contributed by atoms with van der Waals surface area (Å²) in [5, 5.41) is 17.2. The van der Waals surface area contributed by atoms with E-state index in [2.05, 4.69) is 26.5 Å². The molecular formula is C17H16N6O2. The third-order valence-electron chi connectivity index (χ3n) is 4.01. The summed E-state index contributed by atoms with van der Waals surface area (Å²) in [5.74, 6) is 2.33. The van der Waals surface area contributed by atoms with Gasteiger partial charge in [0.2, 0.25) is 6.79 Å². The lowest BCUT2D eigenvalue weighted by Crippen LogP contribution is -2.07. The summed E-state index contributed by atoms with van der Waals surface area (Å²) in [6.45, 7) is 1.52. The van der Waals surface area contributed by atoms with Gasteiger partial charge in [-0.25, -0.2) is 14.6 Å². The number of aryl methyl sites for hydroxylation is 1. The largest absolute Gasteiger partial charge is 0.454 e. The summed E-state index contributed by atoms with van der Waals surface area (Å²) in [7, 11) is 0. The van der Waals surface area contributed by atoms with Gasteiger partial charge in [0.05, 0.1) is 30.6 Å². The molecule has 1 aliphatic heterocycles. The lowest BCUT2D eigenvalue weighted by molar-refractivity contribution is 0.174. The van der Waals surface area contributed by atoms with Crippen molar-refractivity contribution in [1.82, 2.24) is 19.7 Å². The van der Waals surface area contributed by atoms with Crippen LogP contribution in [0, 0.1) is 11.3 Å². The Labute approximate surface area is 144 Å². The highest BCUT2D eigenvalue weighted by molar-refractivity contribution is 5.86. The van der Waals surface area contributed by atoms with E-state index in [4.69, 9.17) is 14.7 Å². The van der Waals surface area contributed by atoms with Gasteiger partial charge in [-0.15, -0.1) is 0 Å². The molecule has 0 atom stereocenters. The second kappa shape index (κ2) is 6.65. The Kier molecular flexibility index (Phi) is 4.04. The van der Waals surface area contributed by atoms with E-state index in [0.717, 1.165) is 46.9 Å². The van der Waals surface area contributed by atoms with Crippen molar-refractivity contribution in [3.8, 4) is 17.6 Å². The van der Waals surface area contributed by atoms with Gasteiger partial charge in [0.1, 0.15) is 12.1 Å². The third-order valence-corrected chi connectivity index (χ3v) is 4.01. The monoisotopic (exact) mass is 336 g/mol. The zero-order valence-electron chi connectivity index (χ0n) is 13.5. The molecule has 3 aromatic rings. The van der Waals surface area contributed by atoms with Gasteiger partial charge >= 0.3 is 0 Å². The van der Waals surface area contributed by atoms with Crippen molar-refractivity contribution in [2.45, 2.75) is 19.4 Å². The molecule has 0 aliphatic carbocycles. The van der Waals surface area contributed by atoms with Gasteiger partial charge in [-0.3, -0.25) is 0 Å². The lowest BCUT2D eigenvalue weighted by Gasteiger charge is -2.07. The van der Waals surface area contributed by atoms with Crippen LogP contribution in [0.15, 0.2) is 30.7 Å². The molecule has 126 valence electrons. The van der Waals surface area contributed by atoms with E-state index >= 15 is 0 Å². The summed E-state index contributed by atoms with van der Waals surface area (Å²) < 4.78 is 12.4. The lowest BCUT2D eigenvalue weighted by atomic mass is 10.1. The van der Waals surface area contributed by atoms with Crippen LogP contribution >= 0.6 is 0 Å². The molecule has 1 aliphatic rings. The van der Waals surface area contributed by atoms with Crippen molar-refractivity contribution < 1.29 is 9.47 Å². The fourth-order valence-electron chi connectivity index (χ4n) is 2.78. The van der Waals surface area contributed by atoms with Crippen LogP contribution in [-0.2, 0) is 13.0 Å². The van der Waals surface area contributed by atoms with Crippen molar-refractivity contribution in [3.63, 3.8) is 0 Å². The molecule has 0 spiro atoms. The van der Waals surface area contributed by atoms with Gasteiger partial charge in [0, 0.05) is 6.54 Å². The molecule has 25 heavy (non-hydrogen) atoms. The minimum absolute atomic E-state index is 0.283. The first kappa shape index (κ1) is 15.2. The number of anilines is 1. The summed E-state index contributed by atoms with van der Waals surface area (Å²) in [6.07, 6.45) is 4.46. The molecule has 4 rings (SSSR count). The van der Waals surface area contributed by atoms with Crippen LogP contribution < -0.4 is 14.8 Å². The molecular weight excluding hydrogens is 320 g/mol. The number of ether oxygens (including phenoxy) is 2. The van der Waals surface area contributed by atoms with E-state index in [0.29, 0.717) is 13.0 Å². The number of nitriles is 1. The molecule has 0 amide bonds. The van der Waals surface area contributed by atoms with Crippen LogP contribution in [-0.4, -0.2) is 33.1 Å². The van der Waals surface area contributed by atoms with E-state index in [-0.39, 0.29) is 6.79 Å². The predicted molar refractivity (Wildman–Crippen MR) is 90.3 cm³/mol. The molecule has 0 fully saturated rings. The van der Waals surface area contributed by atoms with Crippen molar-refractivity contribution in [2.75, 3.05) is 18.7 Å². The van der Waals surface area contributed by atoms with Gasteiger partial charge in [-0.2, -0.15) is 10.4 Å². The first-order chi connectivity index (χ1) is 12.3. The standard InChI is InChI=1S/C17H16N6O2/c18-5-1-7-23-17-13(9-22-23)16(20-10-21-17)19-6-4-12-2-3-14-15(8-12)25-11-24-14/h2-3,8-10H,1,4,6-7,11H2,(H,19,20,21). The zero-order valence-corrected chi connectivity index (χ0v) is 13.5. The number of hydrogen-bond donors (Lipinski definition) is 1. The maximum atomic E-state index is 8.72. The summed E-state index contributed by atoms with van der Waals surface area (Å²) in [4.78, 5) is 8.57. The Morgan fingerprint density at radius 1 is 1.24 bits per heavy atom. The van der Waals surface area contributed by atoms with Gasteiger partial charge in [0.25, 0.3) is 0 Å². The van der Waals surface area contributed by atoms with Gasteiger partial charge < -0.3 is 14.8 Å². The van der Waals surface area contributed by atoms with Crippen LogP contribution in [0.1, 0.15) is 12.0 Å². The van der Waals surface area contributed by atoms with E-state index in [1.54, 1.807) is 10.9 Å². The number of rotatable bonds is 6. The van der Waals surface area contributed by atoms with E-state index in [9.17, 15) is 0 Å². The topological polar surface area (TPSA) is 97.9 Å². The van der Waals surface area contributed by atoms with Crippen molar-refractivity contribution in [3.05, 3.63) is 36.3 Å². The summed E-state index contributed by atoms with van der Waals surface area (Å²) in [5.41, 5.74) is 1.89. The van der Waals surface area contributed by atoms with Crippen LogP contribution in [0.3, 0.4) is 0 Å². The zero-order chi connectivity index (χ0) is 17.1. The van der Waals surface area contributed by atoms with E-state index in [1.165, 1.54) is 6.33 Å². The molecule has 1 N–H and O–H groups in total. The molecule has 0 radical (unpaired) electrons. The maximum Gasteiger partial charge on any atom is 0.231 e. The SMILES string of the molecule is N#CCCn1ncc2c(NCCc3ccc4c(c3)OCO4)ncnc21. The normalized spacial score (nSPS) is 12.3. The number of benzene rings is 1. The van der Waals surface area contributed by atoms with Crippen LogP contribution in [0.2, 0.25) is 0 Å². The molecule has 1 aromatic carbocycles. The van der Waals surface area contributed by atoms with E-state index < -0.39 is 0 Å². The van der Waals surface area contributed by atoms with Gasteiger partial charge in [0.15, 0.2) is 17.1 Å². The molecule has 2 aromatic heterocycles. The van der Waals surface area contributed by atoms with Crippen molar-refractivity contribution in [1.29, 1.82) is 5.26 Å². The Morgan fingerprint density at radius 2 is 2.16 bits per heavy atom. The molecule has 8 nitrogen and oxygen atoms in total. The quantitative estimate of drug-likeness (QED) is 0.736. The maximum absolute atomic E-state index is 8.72. The number of nitrogens with one attached hydrogen (secondary N) is 1. The van der Waals surface area contributed by atoms with Crippen molar-refractivity contribution >= 4 is 16.9 Å². The Balaban J connectivity index is 1.44. The first-order valence-corrected chi connectivity index (χ1v) is 8.01. The molecule has 8 heteroatoms. The molecule has 0 saturated carbocycles. The summed E-state index contributed by atoms with van der Waals surface area (Å²) in [6, 6.07) is 8.08. The molecule has 0 saturated heterocycles. The highest BCUT2D eigenvalue weighted by Crippen LogP contribution is 2.32. The average molecular weight is 336 g/mol. The van der Waals surface area contributed by atoms with Crippen LogP contribution in [0.25, 0.3) is 11.0 Å². The average Bonchev–Trinajstić information content (AvgIpc) is 3.26. The fraction of sp³-hybridized carbons (Fsp3) is 0.294. The highest BCUT2D eigenvalue weighted by Gasteiger charge is 2.13. The molecule has 0 bridgehead atoms. The molecule has 3 heterocycles. The fourth-order valence-corrected chi connectivity index (χ4v) is 2.78. The second-order valence-corrected chi connectivity index (χ2v) is 5.60.